The number of carbonyl (C=O) groups excluding carboxylic acids is 1. The number of likely N-dealkylation sites (tertiary alicyclic amines) is 2. The molecule has 0 spiro atoms. The van der Waals surface area contributed by atoms with Crippen molar-refractivity contribution in [3.63, 3.8) is 0 Å². The van der Waals surface area contributed by atoms with E-state index in [2.05, 4.69) is 50.9 Å². The number of rotatable bonds is 9. The highest BCUT2D eigenvalue weighted by molar-refractivity contribution is 5.94. The van der Waals surface area contributed by atoms with Crippen LogP contribution in [0.4, 0.5) is 23.4 Å². The zero-order chi connectivity index (χ0) is 31.6. The van der Waals surface area contributed by atoms with Gasteiger partial charge in [0.15, 0.2) is 11.5 Å². The Morgan fingerprint density at radius 1 is 1.27 bits per heavy atom. The number of pyridine rings is 1. The van der Waals surface area contributed by atoms with Crippen molar-refractivity contribution in [1.29, 1.82) is 5.26 Å². The number of nitriles is 1. The van der Waals surface area contributed by atoms with Gasteiger partial charge in [0.25, 0.3) is 5.91 Å². The number of amides is 1. The second-order valence-corrected chi connectivity index (χ2v) is 11.7. The SMILES string of the molecule is C=C(c1ccn(C2(CC#N)CN(C3CCN(C(=O)c4ccnc(C(F)(F)F)c4F)CC3)C2)c1)c1cc[nH]c1N=CC(C)CC. The monoisotopic (exact) mass is 609 g/mol. The number of aliphatic imine (C=N–C) groups is 1. The molecule has 1 amide bonds. The summed E-state index contributed by atoms with van der Waals surface area (Å²) < 4.78 is 55.8. The number of aromatic amines is 1. The van der Waals surface area contributed by atoms with Crippen LogP contribution in [0, 0.1) is 23.1 Å². The zero-order valence-electron chi connectivity index (χ0n) is 24.7. The van der Waals surface area contributed by atoms with Gasteiger partial charge in [-0.1, -0.05) is 20.4 Å². The van der Waals surface area contributed by atoms with Gasteiger partial charge in [0.05, 0.1) is 23.6 Å². The van der Waals surface area contributed by atoms with E-state index >= 15 is 0 Å². The third kappa shape index (κ3) is 6.06. The van der Waals surface area contributed by atoms with Crippen LogP contribution < -0.4 is 0 Å². The Kier molecular flexibility index (Phi) is 8.79. The summed E-state index contributed by atoms with van der Waals surface area (Å²) in [6.45, 7) is 10.4. The van der Waals surface area contributed by atoms with Gasteiger partial charge in [0.2, 0.25) is 0 Å². The van der Waals surface area contributed by atoms with Crippen LogP contribution in [0.3, 0.4) is 0 Å². The van der Waals surface area contributed by atoms with Crippen LogP contribution in [0.5, 0.6) is 0 Å². The van der Waals surface area contributed by atoms with Crippen LogP contribution in [0.15, 0.2) is 54.6 Å². The summed E-state index contributed by atoms with van der Waals surface area (Å²) in [6, 6.07) is 7.40. The maximum atomic E-state index is 14.5. The first kappa shape index (κ1) is 31.2. The minimum Gasteiger partial charge on any atom is -0.346 e. The van der Waals surface area contributed by atoms with Crippen molar-refractivity contribution in [2.24, 2.45) is 10.9 Å². The van der Waals surface area contributed by atoms with E-state index in [1.54, 1.807) is 0 Å². The molecule has 3 aromatic heterocycles. The molecule has 0 aliphatic carbocycles. The molecule has 2 saturated heterocycles. The molecular formula is C32H35F4N7O. The molecule has 1 N–H and O–H groups in total. The predicted molar refractivity (Wildman–Crippen MR) is 159 cm³/mol. The molecule has 1 atom stereocenters. The Bertz CT molecular complexity index is 1580. The second kappa shape index (κ2) is 12.4. The average Bonchev–Trinajstić information content (AvgIpc) is 3.67. The molecule has 3 aromatic rings. The van der Waals surface area contributed by atoms with Gasteiger partial charge in [-0.3, -0.25) is 9.69 Å². The lowest BCUT2D eigenvalue weighted by molar-refractivity contribution is -0.143. The van der Waals surface area contributed by atoms with Crippen molar-refractivity contribution in [2.75, 3.05) is 26.2 Å². The lowest BCUT2D eigenvalue weighted by atomic mass is 9.83. The summed E-state index contributed by atoms with van der Waals surface area (Å²) in [5, 5.41) is 9.68. The Hall–Kier alpha value is -4.24. The fourth-order valence-electron chi connectivity index (χ4n) is 5.94. The topological polar surface area (TPSA) is 93.3 Å². The smallest absolute Gasteiger partial charge is 0.346 e. The van der Waals surface area contributed by atoms with Crippen molar-refractivity contribution in [1.82, 2.24) is 24.3 Å². The van der Waals surface area contributed by atoms with Crippen LogP contribution in [0.25, 0.3) is 5.57 Å². The van der Waals surface area contributed by atoms with Crippen molar-refractivity contribution in [3.05, 3.63) is 77.8 Å². The average molecular weight is 610 g/mol. The summed E-state index contributed by atoms with van der Waals surface area (Å²) in [5.74, 6) is -1.30. The highest BCUT2D eigenvalue weighted by Gasteiger charge is 2.47. The lowest BCUT2D eigenvalue weighted by Gasteiger charge is -2.54. The molecule has 1 unspecified atom stereocenters. The first-order chi connectivity index (χ1) is 21.0. The normalized spacial score (nSPS) is 18.2. The summed E-state index contributed by atoms with van der Waals surface area (Å²) >= 11 is 0. The quantitative estimate of drug-likeness (QED) is 0.224. The number of alkyl halides is 3. The van der Waals surface area contributed by atoms with Crippen LogP contribution in [-0.2, 0) is 11.7 Å². The van der Waals surface area contributed by atoms with Gasteiger partial charge >= 0.3 is 6.18 Å². The molecule has 5 rings (SSSR count). The minimum atomic E-state index is -4.99. The van der Waals surface area contributed by atoms with E-state index in [1.165, 1.54) is 4.90 Å². The highest BCUT2D eigenvalue weighted by Crippen LogP contribution is 2.38. The molecule has 0 radical (unpaired) electrons. The Labute approximate surface area is 253 Å². The van der Waals surface area contributed by atoms with Gasteiger partial charge in [-0.05, 0) is 54.5 Å². The number of carbonyl (C=O) groups is 1. The minimum absolute atomic E-state index is 0.134. The van der Waals surface area contributed by atoms with Crippen molar-refractivity contribution in [2.45, 2.75) is 57.3 Å². The third-order valence-corrected chi connectivity index (χ3v) is 8.80. The standard InChI is InChI=1S/C32H35F4N7O/c1-4-21(2)17-40-29-25(5-13-39-29)22(3)23-7-16-43(18-23)31(10-11-37)19-42(20-31)24-8-14-41(15-9-24)30(44)26-6-12-38-28(27(26)33)32(34,35)36/h5-7,12-13,16-18,21,24,39H,3-4,8-10,14-15,19-20H2,1-2H3. The lowest BCUT2D eigenvalue weighted by Crippen LogP contribution is -2.66. The number of hydrogen-bond donors (Lipinski definition) is 1. The number of hydrogen-bond acceptors (Lipinski definition) is 5. The number of piperidine rings is 1. The number of aromatic nitrogens is 3. The van der Waals surface area contributed by atoms with Gasteiger partial charge in [-0.15, -0.1) is 0 Å². The molecule has 8 nitrogen and oxygen atoms in total. The zero-order valence-corrected chi connectivity index (χ0v) is 24.7. The predicted octanol–water partition coefficient (Wildman–Crippen LogP) is 6.41. The molecule has 0 saturated carbocycles. The fraction of sp³-hybridized carbons (Fsp3) is 0.438. The van der Waals surface area contributed by atoms with Crippen LogP contribution in [-0.4, -0.2) is 68.7 Å². The molecule has 44 heavy (non-hydrogen) atoms. The van der Waals surface area contributed by atoms with Gasteiger partial charge < -0.3 is 14.5 Å². The Morgan fingerprint density at radius 3 is 2.66 bits per heavy atom. The second-order valence-electron chi connectivity index (χ2n) is 11.7. The van der Waals surface area contributed by atoms with Crippen molar-refractivity contribution >= 4 is 23.5 Å². The van der Waals surface area contributed by atoms with Crippen LogP contribution >= 0.6 is 0 Å². The van der Waals surface area contributed by atoms with E-state index in [-0.39, 0.29) is 6.04 Å². The number of H-pyrrole nitrogens is 1. The number of halogens is 4. The van der Waals surface area contributed by atoms with Crippen molar-refractivity contribution < 1.29 is 22.4 Å². The molecule has 0 aromatic carbocycles. The molecule has 2 aliphatic heterocycles. The maximum absolute atomic E-state index is 14.5. The van der Waals surface area contributed by atoms with E-state index in [0.29, 0.717) is 51.4 Å². The Morgan fingerprint density at radius 2 is 2.00 bits per heavy atom. The van der Waals surface area contributed by atoms with E-state index in [4.69, 9.17) is 0 Å². The molecule has 232 valence electrons. The number of nitrogens with zero attached hydrogens (tertiary/aromatic N) is 6. The van der Waals surface area contributed by atoms with E-state index in [0.717, 1.165) is 41.2 Å². The summed E-state index contributed by atoms with van der Waals surface area (Å²) in [5.41, 5.74) is -0.0486. The van der Waals surface area contributed by atoms with E-state index < -0.39 is 34.7 Å². The van der Waals surface area contributed by atoms with Gasteiger partial charge in [0.1, 0.15) is 5.82 Å². The third-order valence-electron chi connectivity index (χ3n) is 8.80. The van der Waals surface area contributed by atoms with Crippen LogP contribution in [0.2, 0.25) is 0 Å². The molecule has 5 heterocycles. The Balaban J connectivity index is 1.22. The van der Waals surface area contributed by atoms with Gasteiger partial charge in [-0.25, -0.2) is 14.4 Å². The van der Waals surface area contributed by atoms with Crippen molar-refractivity contribution in [3.8, 4) is 6.07 Å². The molecule has 2 aliphatic rings. The maximum Gasteiger partial charge on any atom is 0.436 e. The number of nitrogens with one attached hydrogen (secondary N) is 1. The summed E-state index contributed by atoms with van der Waals surface area (Å²) in [7, 11) is 0. The summed E-state index contributed by atoms with van der Waals surface area (Å²) in [6.07, 6.45) is 6.09. The largest absolute Gasteiger partial charge is 0.436 e. The van der Waals surface area contributed by atoms with Crippen LogP contribution in [0.1, 0.15) is 66.7 Å². The fourth-order valence-corrected chi connectivity index (χ4v) is 5.94. The molecule has 12 heteroatoms. The first-order valence-corrected chi connectivity index (χ1v) is 14.7. The molecular weight excluding hydrogens is 574 g/mol. The first-order valence-electron chi connectivity index (χ1n) is 14.7. The van der Waals surface area contributed by atoms with Gasteiger partial charge in [0, 0.05) is 68.8 Å². The van der Waals surface area contributed by atoms with E-state index in [9.17, 15) is 27.6 Å². The molecule has 2 fully saturated rings. The summed E-state index contributed by atoms with van der Waals surface area (Å²) in [4.78, 5) is 27.4. The highest BCUT2D eigenvalue weighted by atomic mass is 19.4. The van der Waals surface area contributed by atoms with Gasteiger partial charge in [-0.2, -0.15) is 18.4 Å². The molecule has 0 bridgehead atoms. The van der Waals surface area contributed by atoms with E-state index in [1.807, 2.05) is 36.9 Å².